The Morgan fingerprint density at radius 2 is 2.14 bits per heavy atom. The summed E-state index contributed by atoms with van der Waals surface area (Å²) in [4.78, 5) is 9.75. The van der Waals surface area contributed by atoms with E-state index in [0.717, 1.165) is 6.07 Å². The van der Waals surface area contributed by atoms with E-state index in [1.165, 1.54) is 12.1 Å². The third-order valence-corrected chi connectivity index (χ3v) is 1.52. The predicted molar refractivity (Wildman–Crippen MR) is 47.0 cm³/mol. The van der Waals surface area contributed by atoms with Crippen molar-refractivity contribution < 1.29 is 4.92 Å². The summed E-state index contributed by atoms with van der Waals surface area (Å²) < 4.78 is 0. The second kappa shape index (κ2) is 3.87. The summed E-state index contributed by atoms with van der Waals surface area (Å²) in [5.41, 5.74) is 0.159. The number of hydrogen-bond donors (Lipinski definition) is 1. The summed E-state index contributed by atoms with van der Waals surface area (Å²) in [5.74, 6) is 0. The first-order valence-corrected chi connectivity index (χ1v) is 3.52. The van der Waals surface area contributed by atoms with E-state index in [2.05, 4.69) is 5.32 Å². The molecule has 68 valence electrons. The molecule has 0 amide bonds. The molecule has 0 fully saturated rings. The second-order valence-corrected chi connectivity index (χ2v) is 2.34. The molecule has 1 aromatic rings. The summed E-state index contributed by atoms with van der Waals surface area (Å²) in [5, 5.41) is 29.5. The molecule has 1 N–H and O–H groups in total. The Labute approximate surface area is 79.1 Å². The molecular formula is C8H4N4O2. The summed E-state index contributed by atoms with van der Waals surface area (Å²) >= 11 is 0. The molecule has 14 heavy (non-hydrogen) atoms. The van der Waals surface area contributed by atoms with Crippen LogP contribution in [0.25, 0.3) is 0 Å². The number of benzene rings is 1. The van der Waals surface area contributed by atoms with Crippen molar-refractivity contribution in [3.8, 4) is 12.3 Å². The maximum absolute atomic E-state index is 10.3. The van der Waals surface area contributed by atoms with E-state index >= 15 is 0 Å². The van der Waals surface area contributed by atoms with Gasteiger partial charge in [0.2, 0.25) is 0 Å². The minimum absolute atomic E-state index is 0.0701. The van der Waals surface area contributed by atoms with Crippen LogP contribution in [0, 0.1) is 32.9 Å². The number of nitrogens with one attached hydrogen (secondary N) is 1. The van der Waals surface area contributed by atoms with Gasteiger partial charge in [-0.15, -0.1) is 0 Å². The van der Waals surface area contributed by atoms with Crippen molar-refractivity contribution in [2.24, 2.45) is 0 Å². The Bertz CT molecular complexity index is 455. The van der Waals surface area contributed by atoms with E-state index in [1.54, 1.807) is 12.3 Å². The quantitative estimate of drug-likeness (QED) is 0.326. The molecule has 0 aliphatic heterocycles. The molecule has 0 atom stereocenters. The maximum Gasteiger partial charge on any atom is 0.270 e. The van der Waals surface area contributed by atoms with Gasteiger partial charge in [0.25, 0.3) is 5.69 Å². The molecule has 0 heterocycles. The monoisotopic (exact) mass is 188 g/mol. The fraction of sp³-hybridized carbons (Fsp3) is 0. The van der Waals surface area contributed by atoms with Crippen LogP contribution in [0.5, 0.6) is 0 Å². The average molecular weight is 188 g/mol. The van der Waals surface area contributed by atoms with Crippen LogP contribution >= 0.6 is 0 Å². The lowest BCUT2D eigenvalue weighted by Crippen LogP contribution is -1.94. The van der Waals surface area contributed by atoms with Gasteiger partial charge >= 0.3 is 0 Å². The van der Waals surface area contributed by atoms with Gasteiger partial charge in [0.1, 0.15) is 6.07 Å². The van der Waals surface area contributed by atoms with E-state index in [0.29, 0.717) is 0 Å². The Balaban J connectivity index is 3.21. The SMILES string of the molecule is N#CNc1ccc([N+](=O)[O-])cc1C#N. The largest absolute Gasteiger partial charge is 0.291 e. The van der Waals surface area contributed by atoms with Crippen molar-refractivity contribution in [3.63, 3.8) is 0 Å². The van der Waals surface area contributed by atoms with Crippen molar-refractivity contribution in [3.05, 3.63) is 33.9 Å². The lowest BCUT2D eigenvalue weighted by molar-refractivity contribution is -0.384. The van der Waals surface area contributed by atoms with Crippen molar-refractivity contribution >= 4 is 11.4 Å². The fourth-order valence-electron chi connectivity index (χ4n) is 0.908. The molecule has 0 saturated heterocycles. The molecule has 0 spiro atoms. The van der Waals surface area contributed by atoms with Crippen LogP contribution in [-0.4, -0.2) is 4.92 Å². The highest BCUT2D eigenvalue weighted by Crippen LogP contribution is 2.20. The van der Waals surface area contributed by atoms with Crippen molar-refractivity contribution in [2.75, 3.05) is 5.32 Å². The number of hydrogen-bond acceptors (Lipinski definition) is 5. The molecule has 0 saturated carbocycles. The first kappa shape index (κ1) is 9.49. The third kappa shape index (κ3) is 1.76. The first-order valence-electron chi connectivity index (χ1n) is 3.52. The summed E-state index contributed by atoms with van der Waals surface area (Å²) in [6.45, 7) is 0. The zero-order valence-corrected chi connectivity index (χ0v) is 6.89. The molecule has 1 rings (SSSR count). The topological polar surface area (TPSA) is 103 Å². The van der Waals surface area contributed by atoms with E-state index in [1.807, 2.05) is 0 Å². The Kier molecular flexibility index (Phi) is 2.63. The normalized spacial score (nSPS) is 8.43. The maximum atomic E-state index is 10.3. The van der Waals surface area contributed by atoms with E-state index < -0.39 is 4.92 Å². The molecule has 0 aliphatic carbocycles. The Morgan fingerprint density at radius 1 is 1.43 bits per heavy atom. The van der Waals surface area contributed by atoms with Crippen LogP contribution in [0.2, 0.25) is 0 Å². The van der Waals surface area contributed by atoms with Gasteiger partial charge < -0.3 is 0 Å². The lowest BCUT2D eigenvalue weighted by Gasteiger charge is -1.99. The highest BCUT2D eigenvalue weighted by molar-refractivity contribution is 5.62. The van der Waals surface area contributed by atoms with Gasteiger partial charge in [-0.05, 0) is 6.07 Å². The van der Waals surface area contributed by atoms with Gasteiger partial charge in [-0.1, -0.05) is 0 Å². The number of anilines is 1. The molecule has 0 aromatic heterocycles. The predicted octanol–water partition coefficient (Wildman–Crippen LogP) is 1.36. The average Bonchev–Trinajstić information content (AvgIpc) is 2.18. The Hall–Kier alpha value is -2.60. The van der Waals surface area contributed by atoms with Crippen LogP contribution in [0.4, 0.5) is 11.4 Å². The summed E-state index contributed by atoms with van der Waals surface area (Å²) in [6, 6.07) is 5.41. The summed E-state index contributed by atoms with van der Waals surface area (Å²) in [6.07, 6.45) is 1.64. The van der Waals surface area contributed by atoms with Crippen molar-refractivity contribution in [1.29, 1.82) is 10.5 Å². The van der Waals surface area contributed by atoms with Gasteiger partial charge in [0.05, 0.1) is 16.2 Å². The molecule has 0 unspecified atom stereocenters. The number of rotatable bonds is 2. The minimum Gasteiger partial charge on any atom is -0.291 e. The number of nitro benzene ring substituents is 1. The standard InChI is InChI=1S/C8H4N4O2/c9-4-6-3-7(12(13)14)1-2-8(6)11-5-10/h1-3,11H. The highest BCUT2D eigenvalue weighted by atomic mass is 16.6. The van der Waals surface area contributed by atoms with Gasteiger partial charge in [-0.25, -0.2) is 0 Å². The molecule has 0 aliphatic rings. The van der Waals surface area contributed by atoms with E-state index in [9.17, 15) is 10.1 Å². The summed E-state index contributed by atoms with van der Waals surface area (Å²) in [7, 11) is 0. The number of nitro groups is 1. The third-order valence-electron chi connectivity index (χ3n) is 1.52. The van der Waals surface area contributed by atoms with Crippen LogP contribution in [-0.2, 0) is 0 Å². The minimum atomic E-state index is -0.600. The highest BCUT2D eigenvalue weighted by Gasteiger charge is 2.09. The van der Waals surface area contributed by atoms with Crippen LogP contribution < -0.4 is 5.32 Å². The zero-order valence-electron chi connectivity index (χ0n) is 6.89. The number of non-ortho nitro benzene ring substituents is 1. The first-order chi connectivity index (χ1) is 6.69. The Morgan fingerprint density at radius 3 is 2.64 bits per heavy atom. The molecule has 6 heteroatoms. The van der Waals surface area contributed by atoms with Gasteiger partial charge in [0.15, 0.2) is 6.19 Å². The smallest absolute Gasteiger partial charge is 0.270 e. The second-order valence-electron chi connectivity index (χ2n) is 2.34. The van der Waals surface area contributed by atoms with Crippen LogP contribution in [0.1, 0.15) is 5.56 Å². The lowest BCUT2D eigenvalue weighted by atomic mass is 10.2. The zero-order chi connectivity index (χ0) is 10.6. The van der Waals surface area contributed by atoms with E-state index in [-0.39, 0.29) is 16.9 Å². The van der Waals surface area contributed by atoms with E-state index in [4.69, 9.17) is 10.5 Å². The molecule has 6 nitrogen and oxygen atoms in total. The van der Waals surface area contributed by atoms with Gasteiger partial charge in [-0.3, -0.25) is 15.4 Å². The van der Waals surface area contributed by atoms with Crippen LogP contribution in [0.15, 0.2) is 18.2 Å². The number of nitriles is 2. The molecular weight excluding hydrogens is 184 g/mol. The van der Waals surface area contributed by atoms with Crippen LogP contribution in [0.3, 0.4) is 0 Å². The number of nitrogens with zero attached hydrogens (tertiary/aromatic N) is 3. The molecule has 0 bridgehead atoms. The molecule has 0 radical (unpaired) electrons. The van der Waals surface area contributed by atoms with Crippen molar-refractivity contribution in [1.82, 2.24) is 0 Å². The van der Waals surface area contributed by atoms with Gasteiger partial charge in [0, 0.05) is 12.1 Å². The molecule has 1 aromatic carbocycles. The fourth-order valence-corrected chi connectivity index (χ4v) is 0.908. The van der Waals surface area contributed by atoms with Crippen molar-refractivity contribution in [2.45, 2.75) is 0 Å². The van der Waals surface area contributed by atoms with Gasteiger partial charge in [-0.2, -0.15) is 10.5 Å².